The Morgan fingerprint density at radius 1 is 1.10 bits per heavy atom. The average molecular weight is 408 g/mol. The molecule has 0 aliphatic carbocycles. The van der Waals surface area contributed by atoms with E-state index < -0.39 is 5.41 Å². The SMILES string of the molecule is CNC(=O)C1(c2nc(Cc3ccc(F)cc3)no2)CCN(Cc2ccccc2)CC1. The molecule has 0 radical (unpaired) electrons. The Kier molecular flexibility index (Phi) is 5.90. The molecular formula is C23H25FN4O2. The number of likely N-dealkylation sites (N-methyl/N-ethyl adjacent to an activating group) is 1. The fourth-order valence-electron chi connectivity index (χ4n) is 4.02. The molecule has 30 heavy (non-hydrogen) atoms. The number of carbonyl (C=O) groups is 1. The van der Waals surface area contributed by atoms with Crippen molar-refractivity contribution in [2.24, 2.45) is 0 Å². The van der Waals surface area contributed by atoms with Crippen LogP contribution in [0.1, 0.15) is 35.7 Å². The Balaban J connectivity index is 1.49. The highest BCUT2D eigenvalue weighted by atomic mass is 19.1. The van der Waals surface area contributed by atoms with Crippen molar-refractivity contribution in [2.45, 2.75) is 31.2 Å². The molecule has 3 aromatic rings. The van der Waals surface area contributed by atoms with Crippen molar-refractivity contribution in [3.05, 3.63) is 83.3 Å². The maximum atomic E-state index is 13.1. The van der Waals surface area contributed by atoms with E-state index in [1.165, 1.54) is 17.7 Å². The topological polar surface area (TPSA) is 71.3 Å². The molecule has 1 amide bonds. The molecule has 6 nitrogen and oxygen atoms in total. The summed E-state index contributed by atoms with van der Waals surface area (Å²) in [4.78, 5) is 19.8. The van der Waals surface area contributed by atoms with Crippen molar-refractivity contribution >= 4 is 5.91 Å². The summed E-state index contributed by atoms with van der Waals surface area (Å²) in [6, 6.07) is 16.5. The van der Waals surface area contributed by atoms with Crippen LogP contribution in [0.4, 0.5) is 4.39 Å². The normalized spacial score (nSPS) is 16.3. The Bertz CT molecular complexity index is 980. The van der Waals surface area contributed by atoms with E-state index in [0.717, 1.165) is 25.2 Å². The minimum atomic E-state index is -0.823. The van der Waals surface area contributed by atoms with Gasteiger partial charge in [-0.2, -0.15) is 4.98 Å². The molecule has 0 unspecified atom stereocenters. The standard InChI is InChI=1S/C23H25FN4O2/c1-25-21(29)23(11-13-28(14-12-23)16-18-5-3-2-4-6-18)22-26-20(27-30-22)15-17-7-9-19(24)10-8-17/h2-10H,11-16H2,1H3,(H,25,29). The van der Waals surface area contributed by atoms with E-state index in [1.807, 2.05) is 18.2 Å². The number of halogens is 1. The van der Waals surface area contributed by atoms with Crippen LogP contribution in [-0.2, 0) is 23.2 Å². The lowest BCUT2D eigenvalue weighted by molar-refractivity contribution is -0.129. The number of piperidine rings is 1. The highest BCUT2D eigenvalue weighted by Crippen LogP contribution is 2.35. The third kappa shape index (κ3) is 4.26. The Hall–Kier alpha value is -3.06. The summed E-state index contributed by atoms with van der Waals surface area (Å²) in [5.74, 6) is 0.470. The first kappa shape index (κ1) is 20.2. The van der Waals surface area contributed by atoms with Crippen molar-refractivity contribution < 1.29 is 13.7 Å². The van der Waals surface area contributed by atoms with Crippen molar-refractivity contribution in [1.29, 1.82) is 0 Å². The van der Waals surface area contributed by atoms with E-state index in [4.69, 9.17) is 4.52 Å². The van der Waals surface area contributed by atoms with Crippen LogP contribution in [0.2, 0.25) is 0 Å². The number of hydrogen-bond donors (Lipinski definition) is 1. The molecule has 156 valence electrons. The summed E-state index contributed by atoms with van der Waals surface area (Å²) in [7, 11) is 1.64. The summed E-state index contributed by atoms with van der Waals surface area (Å²) in [5, 5.41) is 6.86. The van der Waals surface area contributed by atoms with Gasteiger partial charge in [0.05, 0.1) is 0 Å². The summed E-state index contributed by atoms with van der Waals surface area (Å²) >= 11 is 0. The van der Waals surface area contributed by atoms with E-state index in [-0.39, 0.29) is 11.7 Å². The molecule has 0 atom stereocenters. The van der Waals surface area contributed by atoms with Gasteiger partial charge in [-0.25, -0.2) is 4.39 Å². The zero-order chi connectivity index (χ0) is 21.0. The molecule has 1 fully saturated rings. The first-order valence-electron chi connectivity index (χ1n) is 10.1. The quantitative estimate of drug-likeness (QED) is 0.679. The van der Waals surface area contributed by atoms with Crippen LogP contribution < -0.4 is 5.32 Å². The van der Waals surface area contributed by atoms with E-state index in [2.05, 4.69) is 32.5 Å². The molecule has 0 saturated carbocycles. The Labute approximate surface area is 175 Å². The van der Waals surface area contributed by atoms with Crippen molar-refractivity contribution in [3.63, 3.8) is 0 Å². The number of benzene rings is 2. The van der Waals surface area contributed by atoms with Crippen LogP contribution in [-0.4, -0.2) is 41.1 Å². The van der Waals surface area contributed by atoms with Crippen LogP contribution in [0.15, 0.2) is 59.1 Å². The number of carbonyl (C=O) groups excluding carboxylic acids is 1. The molecule has 0 spiro atoms. The first-order valence-corrected chi connectivity index (χ1v) is 10.1. The molecule has 1 aliphatic rings. The van der Waals surface area contributed by atoms with Gasteiger partial charge in [-0.3, -0.25) is 9.69 Å². The third-order valence-corrected chi connectivity index (χ3v) is 5.77. The second kappa shape index (κ2) is 8.75. The molecule has 1 aliphatic heterocycles. The van der Waals surface area contributed by atoms with Gasteiger partial charge >= 0.3 is 0 Å². The highest BCUT2D eigenvalue weighted by molar-refractivity contribution is 5.87. The van der Waals surface area contributed by atoms with Crippen LogP contribution in [0.5, 0.6) is 0 Å². The number of likely N-dealkylation sites (tertiary alicyclic amines) is 1. The van der Waals surface area contributed by atoms with E-state index in [9.17, 15) is 9.18 Å². The molecule has 2 aromatic carbocycles. The van der Waals surface area contributed by atoms with Gasteiger partial charge in [0.1, 0.15) is 11.2 Å². The second-order valence-electron chi connectivity index (χ2n) is 7.74. The second-order valence-corrected chi connectivity index (χ2v) is 7.74. The van der Waals surface area contributed by atoms with Crippen LogP contribution in [0.25, 0.3) is 0 Å². The molecule has 7 heteroatoms. The largest absolute Gasteiger partial charge is 0.358 e. The van der Waals surface area contributed by atoms with Crippen LogP contribution in [0.3, 0.4) is 0 Å². The van der Waals surface area contributed by atoms with Gasteiger partial charge in [0, 0.05) is 33.1 Å². The molecule has 1 saturated heterocycles. The summed E-state index contributed by atoms with van der Waals surface area (Å²) in [5.41, 5.74) is 1.32. The minimum absolute atomic E-state index is 0.0983. The van der Waals surface area contributed by atoms with Gasteiger partial charge in [0.15, 0.2) is 5.82 Å². The van der Waals surface area contributed by atoms with Gasteiger partial charge in [-0.05, 0) is 36.1 Å². The van der Waals surface area contributed by atoms with Gasteiger partial charge in [-0.15, -0.1) is 0 Å². The Morgan fingerprint density at radius 2 is 1.80 bits per heavy atom. The zero-order valence-corrected chi connectivity index (χ0v) is 17.0. The molecular weight excluding hydrogens is 383 g/mol. The van der Waals surface area contributed by atoms with E-state index in [0.29, 0.717) is 31.0 Å². The predicted octanol–water partition coefficient (Wildman–Crippen LogP) is 3.08. The maximum Gasteiger partial charge on any atom is 0.242 e. The number of amides is 1. The molecule has 4 rings (SSSR count). The number of aromatic nitrogens is 2. The average Bonchev–Trinajstić information content (AvgIpc) is 3.25. The van der Waals surface area contributed by atoms with E-state index >= 15 is 0 Å². The number of hydrogen-bond acceptors (Lipinski definition) is 5. The lowest BCUT2D eigenvalue weighted by Crippen LogP contribution is -2.51. The molecule has 1 N–H and O–H groups in total. The third-order valence-electron chi connectivity index (χ3n) is 5.77. The van der Waals surface area contributed by atoms with E-state index in [1.54, 1.807) is 19.2 Å². The maximum absolute atomic E-state index is 13.1. The lowest BCUT2D eigenvalue weighted by Gasteiger charge is -2.38. The van der Waals surface area contributed by atoms with Crippen molar-refractivity contribution in [2.75, 3.05) is 20.1 Å². The smallest absolute Gasteiger partial charge is 0.242 e. The van der Waals surface area contributed by atoms with Crippen LogP contribution in [0, 0.1) is 5.82 Å². The summed E-state index contributed by atoms with van der Waals surface area (Å²) in [6.45, 7) is 2.38. The zero-order valence-electron chi connectivity index (χ0n) is 17.0. The fourth-order valence-corrected chi connectivity index (χ4v) is 4.02. The Morgan fingerprint density at radius 3 is 2.47 bits per heavy atom. The first-order chi connectivity index (χ1) is 14.6. The summed E-state index contributed by atoms with van der Waals surface area (Å²) in [6.07, 6.45) is 1.64. The predicted molar refractivity (Wildman–Crippen MR) is 110 cm³/mol. The van der Waals surface area contributed by atoms with Gasteiger partial charge < -0.3 is 9.84 Å². The van der Waals surface area contributed by atoms with Gasteiger partial charge in [0.2, 0.25) is 11.8 Å². The molecule has 1 aromatic heterocycles. The van der Waals surface area contributed by atoms with Crippen molar-refractivity contribution in [3.8, 4) is 0 Å². The number of nitrogens with zero attached hydrogens (tertiary/aromatic N) is 3. The monoisotopic (exact) mass is 408 g/mol. The summed E-state index contributed by atoms with van der Waals surface area (Å²) < 4.78 is 18.7. The number of rotatable bonds is 6. The van der Waals surface area contributed by atoms with Crippen molar-refractivity contribution in [1.82, 2.24) is 20.4 Å². The number of nitrogens with one attached hydrogen (secondary N) is 1. The fraction of sp³-hybridized carbons (Fsp3) is 0.348. The lowest BCUT2D eigenvalue weighted by atomic mass is 9.77. The van der Waals surface area contributed by atoms with Gasteiger partial charge in [-0.1, -0.05) is 47.6 Å². The van der Waals surface area contributed by atoms with Gasteiger partial charge in [0.25, 0.3) is 0 Å². The molecule has 0 bridgehead atoms. The van der Waals surface area contributed by atoms with Crippen LogP contribution >= 0.6 is 0 Å². The highest BCUT2D eigenvalue weighted by Gasteiger charge is 2.47. The minimum Gasteiger partial charge on any atom is -0.358 e. The molecule has 2 heterocycles.